The Morgan fingerprint density at radius 1 is 1.03 bits per heavy atom. The fraction of sp³-hybridized carbons (Fsp3) is 0.346. The van der Waals surface area contributed by atoms with Crippen molar-refractivity contribution in [1.82, 2.24) is 8.87 Å². The van der Waals surface area contributed by atoms with Gasteiger partial charge in [-0.3, -0.25) is 4.79 Å². The molecule has 6 rings (SSSR count). The number of hydrogen-bond donors (Lipinski definition) is 1. The lowest BCUT2D eigenvalue weighted by Gasteiger charge is -2.45. The molecule has 176 valence electrons. The number of para-hydroxylation sites is 2. The Kier molecular flexibility index (Phi) is 4.70. The molecule has 3 aromatic rings. The zero-order valence-electron chi connectivity index (χ0n) is 19.4. The molecular formula is C26H28N4O3S. The summed E-state index contributed by atoms with van der Waals surface area (Å²) in [6.07, 6.45) is 4.12. The molecule has 1 unspecified atom stereocenters. The number of nitrogens with one attached hydrogen (secondary N) is 1. The fourth-order valence-corrected chi connectivity index (χ4v) is 7.47. The molecule has 1 atom stereocenters. The summed E-state index contributed by atoms with van der Waals surface area (Å²) in [6, 6.07) is 17.7. The van der Waals surface area contributed by atoms with Gasteiger partial charge in [-0.25, -0.2) is 8.42 Å². The third-order valence-corrected chi connectivity index (χ3v) is 9.49. The number of piperidine rings is 1. The lowest BCUT2D eigenvalue weighted by atomic mass is 9.83. The molecule has 1 amide bonds. The number of benzene rings is 2. The number of carbonyl (C=O) groups excluding carboxylic acids is 1. The van der Waals surface area contributed by atoms with Gasteiger partial charge in [0.05, 0.1) is 21.8 Å². The first-order valence-corrected chi connectivity index (χ1v) is 13.2. The standard InChI is InChI=1S/C26H28N4O3S/c1-18-16-20-17-21(9-10-23(20)30(18)19(2)31)34(32,33)28-14-11-26(12-15-28)25-8-5-13-29(25)24-7-4-3-6-22(24)27-26/h3-10,13,17-18,27H,11-12,14-16H2,1-2H3. The summed E-state index contributed by atoms with van der Waals surface area (Å²) in [5, 5.41) is 3.74. The summed E-state index contributed by atoms with van der Waals surface area (Å²) in [6.45, 7) is 4.42. The van der Waals surface area contributed by atoms with Crippen LogP contribution < -0.4 is 10.2 Å². The van der Waals surface area contributed by atoms with Crippen LogP contribution >= 0.6 is 0 Å². The molecule has 1 fully saturated rings. The molecule has 1 N–H and O–H groups in total. The molecule has 4 heterocycles. The van der Waals surface area contributed by atoms with E-state index in [9.17, 15) is 13.2 Å². The second-order valence-corrected chi connectivity index (χ2v) is 11.6. The van der Waals surface area contributed by atoms with Gasteiger partial charge in [-0.05, 0) is 74.2 Å². The Morgan fingerprint density at radius 2 is 1.79 bits per heavy atom. The van der Waals surface area contributed by atoms with Gasteiger partial charge in [0, 0.05) is 43.6 Å². The number of sulfonamides is 1. The zero-order valence-corrected chi connectivity index (χ0v) is 20.2. The van der Waals surface area contributed by atoms with Crippen molar-refractivity contribution in [3.8, 4) is 5.69 Å². The van der Waals surface area contributed by atoms with Crippen molar-refractivity contribution in [2.75, 3.05) is 23.3 Å². The highest BCUT2D eigenvalue weighted by atomic mass is 32.2. The minimum absolute atomic E-state index is 0.0190. The third-order valence-electron chi connectivity index (χ3n) is 7.60. The Morgan fingerprint density at radius 3 is 2.56 bits per heavy atom. The van der Waals surface area contributed by atoms with Crippen molar-refractivity contribution < 1.29 is 13.2 Å². The summed E-state index contributed by atoms with van der Waals surface area (Å²) in [7, 11) is -3.62. The number of fused-ring (bicyclic) bond motifs is 5. The average Bonchev–Trinajstić information content (AvgIpc) is 3.44. The van der Waals surface area contributed by atoms with Crippen LogP contribution in [0.1, 0.15) is 37.9 Å². The van der Waals surface area contributed by atoms with Crippen molar-refractivity contribution in [3.05, 3.63) is 72.1 Å². The van der Waals surface area contributed by atoms with E-state index >= 15 is 0 Å². The smallest absolute Gasteiger partial charge is 0.243 e. The van der Waals surface area contributed by atoms with Gasteiger partial charge in [0.15, 0.2) is 0 Å². The molecule has 34 heavy (non-hydrogen) atoms. The van der Waals surface area contributed by atoms with Gasteiger partial charge in [-0.1, -0.05) is 12.1 Å². The van der Waals surface area contributed by atoms with Gasteiger partial charge >= 0.3 is 0 Å². The lowest BCUT2D eigenvalue weighted by molar-refractivity contribution is -0.116. The first kappa shape index (κ1) is 21.4. The van der Waals surface area contributed by atoms with Crippen molar-refractivity contribution >= 4 is 27.3 Å². The van der Waals surface area contributed by atoms with Gasteiger partial charge in [0.25, 0.3) is 0 Å². The summed E-state index contributed by atoms with van der Waals surface area (Å²) in [5.74, 6) is -0.0190. The van der Waals surface area contributed by atoms with Crippen molar-refractivity contribution in [2.45, 2.75) is 49.6 Å². The number of amides is 1. The van der Waals surface area contributed by atoms with Gasteiger partial charge < -0.3 is 14.8 Å². The lowest BCUT2D eigenvalue weighted by Crippen LogP contribution is -2.50. The van der Waals surface area contributed by atoms with E-state index in [1.807, 2.05) is 19.1 Å². The maximum absolute atomic E-state index is 13.6. The number of hydrogen-bond acceptors (Lipinski definition) is 4. The van der Waals surface area contributed by atoms with Crippen LogP contribution in [0.25, 0.3) is 5.69 Å². The SMILES string of the molecule is CC(=O)N1c2ccc(S(=O)(=O)N3CCC4(CC3)Nc3ccccc3-n3cccc34)cc2CC1C. The molecule has 0 saturated carbocycles. The summed E-state index contributed by atoms with van der Waals surface area (Å²) in [5.41, 5.74) is 4.82. The van der Waals surface area contributed by atoms with Crippen LogP contribution in [0.15, 0.2) is 65.7 Å². The van der Waals surface area contributed by atoms with E-state index in [2.05, 4.69) is 40.3 Å². The van der Waals surface area contributed by atoms with E-state index in [4.69, 9.17) is 0 Å². The Labute approximate surface area is 200 Å². The highest BCUT2D eigenvalue weighted by Gasteiger charge is 2.44. The maximum atomic E-state index is 13.6. The van der Waals surface area contributed by atoms with Gasteiger partial charge in [-0.15, -0.1) is 0 Å². The molecule has 7 nitrogen and oxygen atoms in total. The number of aromatic nitrogens is 1. The van der Waals surface area contributed by atoms with E-state index in [-0.39, 0.29) is 17.5 Å². The summed E-state index contributed by atoms with van der Waals surface area (Å²) in [4.78, 5) is 14.1. The van der Waals surface area contributed by atoms with E-state index in [1.165, 1.54) is 5.69 Å². The maximum Gasteiger partial charge on any atom is 0.243 e. The minimum Gasteiger partial charge on any atom is -0.372 e. The van der Waals surface area contributed by atoms with Crippen molar-refractivity contribution in [3.63, 3.8) is 0 Å². The summed E-state index contributed by atoms with van der Waals surface area (Å²) >= 11 is 0. The number of carbonyl (C=O) groups is 1. The van der Waals surface area contributed by atoms with E-state index < -0.39 is 10.0 Å². The molecular weight excluding hydrogens is 448 g/mol. The van der Waals surface area contributed by atoms with E-state index in [0.29, 0.717) is 37.2 Å². The van der Waals surface area contributed by atoms with E-state index in [1.54, 1.807) is 34.3 Å². The molecule has 1 aromatic heterocycles. The molecule has 3 aliphatic heterocycles. The Balaban J connectivity index is 1.27. The zero-order chi connectivity index (χ0) is 23.7. The Hall–Kier alpha value is -3.10. The highest BCUT2D eigenvalue weighted by Crippen LogP contribution is 2.44. The first-order chi connectivity index (χ1) is 16.3. The highest BCUT2D eigenvalue weighted by molar-refractivity contribution is 7.89. The molecule has 1 saturated heterocycles. The molecule has 0 aliphatic carbocycles. The Bertz CT molecular complexity index is 1400. The fourth-order valence-electron chi connectivity index (χ4n) is 5.98. The number of rotatable bonds is 2. The topological polar surface area (TPSA) is 74.7 Å². The quantitative estimate of drug-likeness (QED) is 0.609. The molecule has 1 spiro atoms. The predicted octanol–water partition coefficient (Wildman–Crippen LogP) is 3.88. The van der Waals surface area contributed by atoms with Crippen LogP contribution in [0.4, 0.5) is 11.4 Å². The average molecular weight is 477 g/mol. The minimum atomic E-state index is -3.62. The van der Waals surface area contributed by atoms with Crippen LogP contribution in [0.3, 0.4) is 0 Å². The monoisotopic (exact) mass is 476 g/mol. The molecule has 8 heteroatoms. The van der Waals surface area contributed by atoms with Crippen LogP contribution in [-0.4, -0.2) is 42.3 Å². The number of nitrogens with zero attached hydrogens (tertiary/aromatic N) is 3. The van der Waals surface area contributed by atoms with Gasteiger partial charge in [0.2, 0.25) is 15.9 Å². The van der Waals surface area contributed by atoms with Crippen LogP contribution in [0.5, 0.6) is 0 Å². The van der Waals surface area contributed by atoms with Crippen LogP contribution in [0, 0.1) is 0 Å². The largest absolute Gasteiger partial charge is 0.372 e. The second-order valence-electron chi connectivity index (χ2n) is 9.62. The number of anilines is 2. The van der Waals surface area contributed by atoms with Crippen molar-refractivity contribution in [2.24, 2.45) is 0 Å². The van der Waals surface area contributed by atoms with Crippen LogP contribution in [0.2, 0.25) is 0 Å². The second kappa shape index (κ2) is 7.45. The van der Waals surface area contributed by atoms with E-state index in [0.717, 1.165) is 22.6 Å². The molecule has 2 aromatic carbocycles. The molecule has 0 radical (unpaired) electrons. The predicted molar refractivity (Wildman–Crippen MR) is 132 cm³/mol. The van der Waals surface area contributed by atoms with Crippen molar-refractivity contribution in [1.29, 1.82) is 0 Å². The van der Waals surface area contributed by atoms with Gasteiger partial charge in [-0.2, -0.15) is 4.31 Å². The summed E-state index contributed by atoms with van der Waals surface area (Å²) < 4.78 is 31.0. The first-order valence-electron chi connectivity index (χ1n) is 11.8. The van der Waals surface area contributed by atoms with Crippen LogP contribution in [-0.2, 0) is 26.8 Å². The normalized spacial score (nSPS) is 21.0. The molecule has 3 aliphatic rings. The van der Waals surface area contributed by atoms with Gasteiger partial charge in [0.1, 0.15) is 0 Å². The third kappa shape index (κ3) is 3.05. The molecule has 0 bridgehead atoms.